The van der Waals surface area contributed by atoms with E-state index in [1.54, 1.807) is 18.7 Å². The van der Waals surface area contributed by atoms with Crippen LogP contribution in [0.4, 0.5) is 5.69 Å². The van der Waals surface area contributed by atoms with Crippen molar-refractivity contribution in [3.8, 4) is 0 Å². The van der Waals surface area contributed by atoms with E-state index >= 15 is 0 Å². The van der Waals surface area contributed by atoms with E-state index < -0.39 is 0 Å². The molecule has 4 nitrogen and oxygen atoms in total. The third kappa shape index (κ3) is 1.85. The van der Waals surface area contributed by atoms with Crippen molar-refractivity contribution >= 4 is 28.4 Å². The summed E-state index contributed by atoms with van der Waals surface area (Å²) in [5, 5.41) is 1.62. The first kappa shape index (κ1) is 10.2. The normalized spacial score (nSPS) is 10.8. The Kier molecular flexibility index (Phi) is 2.45. The molecule has 0 radical (unpaired) electrons. The van der Waals surface area contributed by atoms with E-state index in [-0.39, 0.29) is 0 Å². The van der Waals surface area contributed by atoms with Crippen molar-refractivity contribution in [3.63, 3.8) is 0 Å². The highest BCUT2D eigenvalue weighted by atomic mass is 32.2. The van der Waals surface area contributed by atoms with Gasteiger partial charge >= 0.3 is 0 Å². The summed E-state index contributed by atoms with van der Waals surface area (Å²) in [6.07, 6.45) is 4.92. The summed E-state index contributed by atoms with van der Waals surface area (Å²) in [5.74, 6) is 0. The Hall–Kier alpha value is -2.01. The van der Waals surface area contributed by atoms with E-state index in [4.69, 9.17) is 10.2 Å². The second kappa shape index (κ2) is 4.10. The maximum Gasteiger partial charge on any atom is 0.260 e. The highest BCUT2D eigenvalue weighted by Crippen LogP contribution is 2.33. The number of nitrogens with two attached hydrogens (primary N) is 1. The van der Waals surface area contributed by atoms with Crippen LogP contribution in [0.15, 0.2) is 57.5 Å². The zero-order valence-electron chi connectivity index (χ0n) is 8.83. The van der Waals surface area contributed by atoms with Gasteiger partial charge in [-0.25, -0.2) is 4.98 Å². The summed E-state index contributed by atoms with van der Waals surface area (Å²) in [5.41, 5.74) is 7.38. The van der Waals surface area contributed by atoms with Crippen LogP contribution in [0.2, 0.25) is 0 Å². The molecule has 5 heteroatoms. The molecule has 0 amide bonds. The number of anilines is 1. The fourth-order valence-electron chi connectivity index (χ4n) is 1.61. The van der Waals surface area contributed by atoms with Gasteiger partial charge in [0.2, 0.25) is 0 Å². The molecule has 2 N–H and O–H groups in total. The van der Waals surface area contributed by atoms with Gasteiger partial charge in [0.1, 0.15) is 6.26 Å². The van der Waals surface area contributed by atoms with Gasteiger partial charge in [-0.05, 0) is 30.0 Å². The lowest BCUT2D eigenvalue weighted by Crippen LogP contribution is -1.90. The van der Waals surface area contributed by atoms with Gasteiger partial charge < -0.3 is 10.2 Å². The lowest BCUT2D eigenvalue weighted by molar-refractivity contribution is 0.454. The number of nitrogens with zero attached hydrogens (tertiary/aromatic N) is 2. The predicted octanol–water partition coefficient (Wildman–Crippen LogP) is 2.96. The first-order valence-electron chi connectivity index (χ1n) is 5.05. The molecule has 0 fully saturated rings. The van der Waals surface area contributed by atoms with Gasteiger partial charge in [0, 0.05) is 16.5 Å². The molecule has 0 saturated heterocycles. The van der Waals surface area contributed by atoms with Gasteiger partial charge in [0.05, 0.1) is 17.4 Å². The molecule has 17 heavy (non-hydrogen) atoms. The van der Waals surface area contributed by atoms with Gasteiger partial charge in [-0.2, -0.15) is 0 Å². The number of fused-ring (bicyclic) bond motifs is 1. The molecule has 1 aromatic carbocycles. The summed E-state index contributed by atoms with van der Waals surface area (Å²) in [7, 11) is 0. The Morgan fingerprint density at radius 1 is 1.12 bits per heavy atom. The number of aromatic nitrogens is 2. The van der Waals surface area contributed by atoms with E-state index in [1.807, 2.05) is 24.3 Å². The molecule has 0 bridgehead atoms. The molecule has 0 aliphatic heterocycles. The van der Waals surface area contributed by atoms with Crippen molar-refractivity contribution in [2.45, 2.75) is 10.1 Å². The zero-order valence-corrected chi connectivity index (χ0v) is 9.65. The summed E-state index contributed by atoms with van der Waals surface area (Å²) in [6, 6.07) is 7.68. The molecule has 0 saturated carbocycles. The Morgan fingerprint density at radius 2 is 2.06 bits per heavy atom. The average Bonchev–Trinajstić information content (AvgIpc) is 2.86. The molecule has 0 aliphatic rings. The van der Waals surface area contributed by atoms with Crippen LogP contribution in [-0.4, -0.2) is 9.97 Å². The number of hydrogen-bond acceptors (Lipinski definition) is 5. The molecule has 0 atom stereocenters. The standard InChI is InChI=1S/C12H9N3OS/c13-9-3-4-10(17-12-15-6-7-16-12)8-2-1-5-14-11(8)9/h1-7H,13H2. The van der Waals surface area contributed by atoms with Gasteiger partial charge in [-0.1, -0.05) is 6.07 Å². The summed E-state index contributed by atoms with van der Waals surface area (Å²) in [4.78, 5) is 9.40. The Bertz CT molecular complexity index is 652. The highest BCUT2D eigenvalue weighted by molar-refractivity contribution is 7.99. The smallest absolute Gasteiger partial charge is 0.260 e. The lowest BCUT2D eigenvalue weighted by Gasteiger charge is -2.05. The van der Waals surface area contributed by atoms with Crippen molar-refractivity contribution in [1.29, 1.82) is 0 Å². The number of pyridine rings is 1. The fraction of sp³-hybridized carbons (Fsp3) is 0. The minimum Gasteiger partial charge on any atom is -0.440 e. The second-order valence-electron chi connectivity index (χ2n) is 3.45. The third-order valence-corrected chi connectivity index (χ3v) is 3.32. The van der Waals surface area contributed by atoms with E-state index in [0.717, 1.165) is 15.8 Å². The van der Waals surface area contributed by atoms with E-state index in [1.165, 1.54) is 11.8 Å². The molecule has 3 aromatic rings. The molecular formula is C12H9N3OS. The zero-order chi connectivity index (χ0) is 11.7. The number of oxazole rings is 1. The number of rotatable bonds is 2. The summed E-state index contributed by atoms with van der Waals surface area (Å²) >= 11 is 1.46. The first-order chi connectivity index (χ1) is 8.34. The molecule has 2 heterocycles. The topological polar surface area (TPSA) is 64.9 Å². The predicted molar refractivity (Wildman–Crippen MR) is 66.8 cm³/mol. The Labute approximate surface area is 102 Å². The van der Waals surface area contributed by atoms with Gasteiger partial charge in [0.25, 0.3) is 5.22 Å². The fourth-order valence-corrected chi connectivity index (χ4v) is 2.43. The minimum atomic E-state index is 0.611. The SMILES string of the molecule is Nc1ccc(Sc2ncco2)c2cccnc12. The number of hydrogen-bond donors (Lipinski definition) is 1. The molecule has 2 aromatic heterocycles. The van der Waals surface area contributed by atoms with E-state index in [9.17, 15) is 0 Å². The molecule has 0 spiro atoms. The number of benzene rings is 1. The van der Waals surface area contributed by atoms with Crippen LogP contribution in [0.5, 0.6) is 0 Å². The largest absolute Gasteiger partial charge is 0.440 e. The monoisotopic (exact) mass is 243 g/mol. The molecule has 0 aliphatic carbocycles. The van der Waals surface area contributed by atoms with E-state index in [2.05, 4.69) is 9.97 Å². The van der Waals surface area contributed by atoms with Crippen LogP contribution in [0, 0.1) is 0 Å². The average molecular weight is 243 g/mol. The van der Waals surface area contributed by atoms with Crippen molar-refractivity contribution in [1.82, 2.24) is 9.97 Å². The summed E-state index contributed by atoms with van der Waals surface area (Å²) in [6.45, 7) is 0. The molecule has 0 unspecified atom stereocenters. The van der Waals surface area contributed by atoms with Crippen LogP contribution < -0.4 is 5.73 Å². The van der Waals surface area contributed by atoms with Crippen LogP contribution >= 0.6 is 11.8 Å². The third-order valence-electron chi connectivity index (χ3n) is 2.37. The van der Waals surface area contributed by atoms with Gasteiger partial charge in [-0.3, -0.25) is 4.98 Å². The maximum absolute atomic E-state index is 5.89. The van der Waals surface area contributed by atoms with Crippen LogP contribution in [0.3, 0.4) is 0 Å². The lowest BCUT2D eigenvalue weighted by atomic mass is 10.2. The minimum absolute atomic E-state index is 0.611. The van der Waals surface area contributed by atoms with Crippen LogP contribution in [0.1, 0.15) is 0 Å². The van der Waals surface area contributed by atoms with Crippen LogP contribution in [0.25, 0.3) is 10.9 Å². The van der Waals surface area contributed by atoms with Crippen molar-refractivity contribution in [2.75, 3.05) is 5.73 Å². The summed E-state index contributed by atoms with van der Waals surface area (Å²) < 4.78 is 5.22. The first-order valence-corrected chi connectivity index (χ1v) is 5.87. The Morgan fingerprint density at radius 3 is 2.88 bits per heavy atom. The number of nitrogen functional groups attached to an aromatic ring is 1. The molecule has 84 valence electrons. The molecular weight excluding hydrogens is 234 g/mol. The maximum atomic E-state index is 5.89. The Balaban J connectivity index is 2.14. The molecule has 3 rings (SSSR count). The second-order valence-corrected chi connectivity index (χ2v) is 4.45. The quantitative estimate of drug-likeness (QED) is 0.701. The van der Waals surface area contributed by atoms with Crippen LogP contribution in [-0.2, 0) is 0 Å². The van der Waals surface area contributed by atoms with Gasteiger partial charge in [-0.15, -0.1) is 0 Å². The highest BCUT2D eigenvalue weighted by Gasteiger charge is 2.08. The van der Waals surface area contributed by atoms with Gasteiger partial charge in [0.15, 0.2) is 0 Å². The van der Waals surface area contributed by atoms with Crippen molar-refractivity contribution in [2.24, 2.45) is 0 Å². The van der Waals surface area contributed by atoms with Crippen molar-refractivity contribution in [3.05, 3.63) is 42.9 Å². The van der Waals surface area contributed by atoms with E-state index in [0.29, 0.717) is 10.9 Å². The van der Waals surface area contributed by atoms with Crippen molar-refractivity contribution < 1.29 is 4.42 Å².